The van der Waals surface area contributed by atoms with Crippen LogP contribution in [-0.4, -0.2) is 17.3 Å². The van der Waals surface area contributed by atoms with Crippen LogP contribution in [0.15, 0.2) is 36.4 Å². The van der Waals surface area contributed by atoms with Crippen LogP contribution in [0.1, 0.15) is 32.0 Å². The lowest BCUT2D eigenvalue weighted by Crippen LogP contribution is -2.15. The van der Waals surface area contributed by atoms with E-state index in [-0.39, 0.29) is 5.41 Å². The van der Waals surface area contributed by atoms with E-state index in [1.54, 1.807) is 7.11 Å². The van der Waals surface area contributed by atoms with Gasteiger partial charge in [0.05, 0.1) is 12.8 Å². The third-order valence-electron chi connectivity index (χ3n) is 2.93. The Balaban J connectivity index is 2.21. The zero-order chi connectivity index (χ0) is 14.6. The van der Waals surface area contributed by atoms with Crippen molar-refractivity contribution in [3.63, 3.8) is 0 Å². The van der Waals surface area contributed by atoms with Crippen molar-refractivity contribution < 1.29 is 9.47 Å². The Morgan fingerprint density at radius 1 is 1.05 bits per heavy atom. The van der Waals surface area contributed by atoms with Crippen LogP contribution < -0.4 is 9.47 Å². The Hall–Kier alpha value is -2.10. The number of nitrogens with zero attached hydrogens (tertiary/aromatic N) is 2. The third-order valence-corrected chi connectivity index (χ3v) is 2.93. The molecule has 0 fully saturated rings. The Kier molecular flexibility index (Phi) is 4.23. The summed E-state index contributed by atoms with van der Waals surface area (Å²) in [7, 11) is 1.57. The molecule has 0 saturated heterocycles. The highest BCUT2D eigenvalue weighted by Gasteiger charge is 2.19. The molecule has 0 spiro atoms. The van der Waals surface area contributed by atoms with Gasteiger partial charge in [-0.3, -0.25) is 0 Å². The lowest BCUT2D eigenvalue weighted by molar-refractivity contribution is 0.275. The van der Waals surface area contributed by atoms with Gasteiger partial charge < -0.3 is 9.47 Å². The highest BCUT2D eigenvalue weighted by atomic mass is 16.5. The van der Waals surface area contributed by atoms with Crippen LogP contribution in [-0.2, 0) is 12.0 Å². The van der Waals surface area contributed by atoms with Crippen LogP contribution in [0.2, 0.25) is 0 Å². The first-order chi connectivity index (χ1) is 9.50. The number of methoxy groups -OCH3 is 1. The number of ether oxygens (including phenoxy) is 2. The number of aromatic nitrogens is 2. The summed E-state index contributed by atoms with van der Waals surface area (Å²) >= 11 is 0. The van der Waals surface area contributed by atoms with Crippen LogP contribution in [0, 0.1) is 0 Å². The van der Waals surface area contributed by atoms with Gasteiger partial charge in [-0.05, 0) is 5.56 Å². The average Bonchev–Trinajstić information content (AvgIpc) is 2.45. The molecule has 4 heteroatoms. The van der Waals surface area contributed by atoms with Crippen molar-refractivity contribution in [3.8, 4) is 11.6 Å². The fraction of sp³-hybridized carbons (Fsp3) is 0.375. The fourth-order valence-electron chi connectivity index (χ4n) is 1.71. The van der Waals surface area contributed by atoms with Crippen LogP contribution in [0.3, 0.4) is 0 Å². The highest BCUT2D eigenvalue weighted by Crippen LogP contribution is 2.29. The number of hydrogen-bond donors (Lipinski definition) is 0. The smallest absolute Gasteiger partial charge is 0.276 e. The topological polar surface area (TPSA) is 44.2 Å². The predicted molar refractivity (Wildman–Crippen MR) is 78.1 cm³/mol. The quantitative estimate of drug-likeness (QED) is 0.856. The van der Waals surface area contributed by atoms with Crippen molar-refractivity contribution >= 4 is 0 Å². The Morgan fingerprint density at radius 2 is 1.75 bits per heavy atom. The molecule has 1 heterocycles. The van der Waals surface area contributed by atoms with Gasteiger partial charge in [-0.15, -0.1) is 5.10 Å². The molecule has 1 aromatic heterocycles. The maximum atomic E-state index is 5.82. The molecule has 2 rings (SSSR count). The zero-order valence-corrected chi connectivity index (χ0v) is 12.4. The van der Waals surface area contributed by atoms with Gasteiger partial charge in [-0.2, -0.15) is 5.10 Å². The first-order valence-electron chi connectivity index (χ1n) is 6.59. The van der Waals surface area contributed by atoms with Gasteiger partial charge in [0.2, 0.25) is 0 Å². The van der Waals surface area contributed by atoms with Crippen molar-refractivity contribution in [2.24, 2.45) is 0 Å². The van der Waals surface area contributed by atoms with Crippen molar-refractivity contribution in [1.29, 1.82) is 0 Å². The first-order valence-corrected chi connectivity index (χ1v) is 6.59. The van der Waals surface area contributed by atoms with E-state index < -0.39 is 0 Å². The predicted octanol–water partition coefficient (Wildman–Crippen LogP) is 3.36. The van der Waals surface area contributed by atoms with Crippen LogP contribution in [0.5, 0.6) is 11.6 Å². The number of rotatable bonds is 4. The Morgan fingerprint density at radius 3 is 2.35 bits per heavy atom. The van der Waals surface area contributed by atoms with Gasteiger partial charge in [0.25, 0.3) is 5.88 Å². The number of hydrogen-bond acceptors (Lipinski definition) is 4. The molecule has 1 aromatic carbocycles. The van der Waals surface area contributed by atoms with Gasteiger partial charge in [-0.25, -0.2) is 0 Å². The molecule has 4 nitrogen and oxygen atoms in total. The molecule has 0 aliphatic rings. The van der Waals surface area contributed by atoms with Gasteiger partial charge in [0, 0.05) is 11.5 Å². The monoisotopic (exact) mass is 272 g/mol. The molecule has 0 N–H and O–H groups in total. The summed E-state index contributed by atoms with van der Waals surface area (Å²) in [4.78, 5) is 0. The molecular weight excluding hydrogens is 252 g/mol. The van der Waals surface area contributed by atoms with E-state index in [9.17, 15) is 0 Å². The Labute approximate surface area is 119 Å². The lowest BCUT2D eigenvalue weighted by Gasteiger charge is -2.18. The molecule has 20 heavy (non-hydrogen) atoms. The largest absolute Gasteiger partial charge is 0.483 e. The molecule has 0 aliphatic heterocycles. The van der Waals surface area contributed by atoms with Crippen LogP contribution in [0.4, 0.5) is 0 Å². The summed E-state index contributed by atoms with van der Waals surface area (Å²) in [5.41, 5.74) is 1.90. The third kappa shape index (κ3) is 3.47. The summed E-state index contributed by atoms with van der Waals surface area (Å²) in [6.07, 6.45) is 0. The first kappa shape index (κ1) is 14.3. The molecule has 0 saturated carbocycles. The maximum absolute atomic E-state index is 5.82. The minimum absolute atomic E-state index is 0.0792. The molecule has 0 radical (unpaired) electrons. The summed E-state index contributed by atoms with van der Waals surface area (Å²) < 4.78 is 11.0. The van der Waals surface area contributed by atoms with E-state index in [1.165, 1.54) is 0 Å². The second kappa shape index (κ2) is 5.90. The molecule has 0 unspecified atom stereocenters. The van der Waals surface area contributed by atoms with E-state index in [2.05, 4.69) is 31.0 Å². The second-order valence-electron chi connectivity index (χ2n) is 5.63. The average molecular weight is 272 g/mol. The van der Waals surface area contributed by atoms with Gasteiger partial charge in [0.15, 0.2) is 5.75 Å². The maximum Gasteiger partial charge on any atom is 0.276 e. The summed E-state index contributed by atoms with van der Waals surface area (Å²) in [6, 6.07) is 11.9. The highest BCUT2D eigenvalue weighted by molar-refractivity contribution is 5.35. The molecule has 0 bridgehead atoms. The van der Waals surface area contributed by atoms with Crippen molar-refractivity contribution in [1.82, 2.24) is 10.2 Å². The lowest BCUT2D eigenvalue weighted by atomic mass is 9.92. The SMILES string of the molecule is COc1nnc(C(C)(C)C)cc1OCc1ccccc1. The van der Waals surface area contributed by atoms with E-state index in [1.807, 2.05) is 36.4 Å². The van der Waals surface area contributed by atoms with Gasteiger partial charge in [-0.1, -0.05) is 51.1 Å². The van der Waals surface area contributed by atoms with Crippen LogP contribution in [0.25, 0.3) is 0 Å². The minimum Gasteiger partial charge on any atom is -0.483 e. The van der Waals surface area contributed by atoms with Crippen LogP contribution >= 0.6 is 0 Å². The second-order valence-corrected chi connectivity index (χ2v) is 5.63. The van der Waals surface area contributed by atoms with E-state index in [0.29, 0.717) is 18.2 Å². The normalized spacial score (nSPS) is 11.2. The van der Waals surface area contributed by atoms with E-state index in [0.717, 1.165) is 11.3 Å². The molecule has 0 amide bonds. The van der Waals surface area contributed by atoms with Crippen molar-refractivity contribution in [2.75, 3.05) is 7.11 Å². The molecule has 2 aromatic rings. The summed E-state index contributed by atoms with van der Waals surface area (Å²) in [5, 5.41) is 8.26. The van der Waals surface area contributed by atoms with E-state index in [4.69, 9.17) is 9.47 Å². The zero-order valence-electron chi connectivity index (χ0n) is 12.4. The fourth-order valence-corrected chi connectivity index (χ4v) is 1.71. The Bertz CT molecular complexity index is 562. The summed E-state index contributed by atoms with van der Waals surface area (Å²) in [6.45, 7) is 6.74. The van der Waals surface area contributed by atoms with E-state index >= 15 is 0 Å². The van der Waals surface area contributed by atoms with Crippen molar-refractivity contribution in [3.05, 3.63) is 47.7 Å². The molecule has 0 atom stereocenters. The molecule has 106 valence electrons. The van der Waals surface area contributed by atoms with Gasteiger partial charge >= 0.3 is 0 Å². The molecule has 0 aliphatic carbocycles. The van der Waals surface area contributed by atoms with Crippen molar-refractivity contribution in [2.45, 2.75) is 32.8 Å². The summed E-state index contributed by atoms with van der Waals surface area (Å²) in [5.74, 6) is 1.03. The standard InChI is InChI=1S/C16H20N2O2/c1-16(2,3)14-10-13(15(19-4)18-17-14)20-11-12-8-6-5-7-9-12/h5-10H,11H2,1-4H3. The van der Waals surface area contributed by atoms with Gasteiger partial charge in [0.1, 0.15) is 6.61 Å². The molecular formula is C16H20N2O2. The minimum atomic E-state index is -0.0792. The number of benzene rings is 1.